The molecule has 6 heavy (non-hydrogen) atoms. The molecule has 0 aliphatic carbocycles. The molecule has 0 aromatic carbocycles. The predicted octanol–water partition coefficient (Wildman–Crippen LogP) is -1.12. The molecule has 0 bridgehead atoms. The van der Waals surface area contributed by atoms with Crippen LogP contribution in [0, 0.1) is 0 Å². The zero-order valence-electron chi connectivity index (χ0n) is 2.71. The zero-order chi connectivity index (χ0) is 0. The minimum Gasteiger partial charge on any atom is -2.00 e. The predicted molar refractivity (Wildman–Crippen MR) is 13.6 cm³/mol. The molecule has 3 nitrogen and oxygen atoms in total. The van der Waals surface area contributed by atoms with E-state index in [9.17, 15) is 0 Å². The molecule has 0 unspecified atom stereocenters. The molecular formula is IrO3Tl2. The SMILES string of the molecule is [Ir+4].[O-2].[O-2].[O-2].[Tl+].[Tl+]. The maximum atomic E-state index is 0. The van der Waals surface area contributed by atoms with E-state index in [1.807, 2.05) is 0 Å². The van der Waals surface area contributed by atoms with Crippen LogP contribution in [-0.4, -0.2) is 54.6 Å². The van der Waals surface area contributed by atoms with E-state index in [2.05, 4.69) is 0 Å². The van der Waals surface area contributed by atoms with E-state index < -0.39 is 0 Å². The third-order valence-corrected chi connectivity index (χ3v) is 0. The molecule has 33 valence electrons. The van der Waals surface area contributed by atoms with E-state index in [1.165, 1.54) is 0 Å². The quantitative estimate of drug-likeness (QED) is 0.299. The third-order valence-electron chi connectivity index (χ3n) is 0. The van der Waals surface area contributed by atoms with Crippen LogP contribution in [0.4, 0.5) is 0 Å². The molecule has 0 aromatic rings. The van der Waals surface area contributed by atoms with Crippen LogP contribution < -0.4 is 0 Å². The molecule has 0 fully saturated rings. The zero-order valence-corrected chi connectivity index (χ0v) is 14.1. The number of hydrogen-bond donors (Lipinski definition) is 0. The van der Waals surface area contributed by atoms with Crippen LogP contribution in [0.2, 0.25) is 0 Å². The van der Waals surface area contributed by atoms with Crippen molar-refractivity contribution >= 4 is 54.6 Å². The molecule has 0 saturated heterocycles. The van der Waals surface area contributed by atoms with Gasteiger partial charge in [-0.05, 0) is 0 Å². The summed E-state index contributed by atoms with van der Waals surface area (Å²) in [5, 5.41) is 0. The second-order valence-electron chi connectivity index (χ2n) is 0. The van der Waals surface area contributed by atoms with Crippen molar-refractivity contribution in [2.24, 2.45) is 0 Å². The minimum absolute atomic E-state index is 0. The summed E-state index contributed by atoms with van der Waals surface area (Å²) in [7, 11) is 0. The van der Waals surface area contributed by atoms with Crippen molar-refractivity contribution < 1.29 is 36.5 Å². The fourth-order valence-electron chi connectivity index (χ4n) is 0. The van der Waals surface area contributed by atoms with Gasteiger partial charge in [0.15, 0.2) is 0 Å². The molecule has 0 aliphatic heterocycles. The monoisotopic (exact) mass is 651 g/mol. The molecule has 0 aliphatic rings. The molecule has 0 spiro atoms. The molecule has 0 atom stereocenters. The van der Waals surface area contributed by atoms with Crippen molar-refractivity contribution in [1.29, 1.82) is 0 Å². The van der Waals surface area contributed by atoms with Gasteiger partial charge < -0.3 is 16.4 Å². The standard InChI is InChI=1S/Ir.3O.2Tl/q+4;3*-2;2*+1. The Bertz CT molecular complexity index is 8.75. The van der Waals surface area contributed by atoms with Crippen molar-refractivity contribution in [3.8, 4) is 0 Å². The Hall–Kier alpha value is 2.37. The average molecular weight is 649 g/mol. The van der Waals surface area contributed by atoms with Gasteiger partial charge in [0.25, 0.3) is 0 Å². The van der Waals surface area contributed by atoms with Crippen molar-refractivity contribution in [3.63, 3.8) is 0 Å². The molecule has 0 amide bonds. The van der Waals surface area contributed by atoms with Crippen LogP contribution in [-0.2, 0) is 36.5 Å². The average Bonchev–Trinajstić information content (AvgIpc) is 0. The first kappa shape index (κ1) is 80.8. The second kappa shape index (κ2) is 53.2. The van der Waals surface area contributed by atoms with Crippen LogP contribution in [0.3, 0.4) is 0 Å². The van der Waals surface area contributed by atoms with Crippen molar-refractivity contribution in [3.05, 3.63) is 0 Å². The summed E-state index contributed by atoms with van der Waals surface area (Å²) in [6, 6.07) is 0. The minimum atomic E-state index is 0. The summed E-state index contributed by atoms with van der Waals surface area (Å²) in [5.74, 6) is 0. The second-order valence-corrected chi connectivity index (χ2v) is 0. The normalized spacial score (nSPS) is 0. The van der Waals surface area contributed by atoms with Crippen LogP contribution in [0.1, 0.15) is 0 Å². The van der Waals surface area contributed by atoms with E-state index in [1.54, 1.807) is 0 Å². The summed E-state index contributed by atoms with van der Waals surface area (Å²) in [5.41, 5.74) is 0. The molecule has 0 saturated carbocycles. The Labute approximate surface area is 89.9 Å². The molecule has 1 radical (unpaired) electrons. The summed E-state index contributed by atoms with van der Waals surface area (Å²) < 4.78 is 0. The van der Waals surface area contributed by atoms with Gasteiger partial charge in [-0.3, -0.25) is 0 Å². The van der Waals surface area contributed by atoms with Gasteiger partial charge in [-0.1, -0.05) is 0 Å². The Morgan fingerprint density at radius 2 is 0.500 bits per heavy atom. The van der Waals surface area contributed by atoms with Crippen LogP contribution in [0.5, 0.6) is 0 Å². The molecule has 0 N–H and O–H groups in total. The van der Waals surface area contributed by atoms with Crippen LogP contribution in [0.15, 0.2) is 0 Å². The van der Waals surface area contributed by atoms with E-state index in [-0.39, 0.29) is 91.1 Å². The van der Waals surface area contributed by atoms with Gasteiger partial charge in [-0.2, -0.15) is 0 Å². The fourth-order valence-corrected chi connectivity index (χ4v) is 0. The number of hydrogen-bond acceptors (Lipinski definition) is 0. The van der Waals surface area contributed by atoms with Gasteiger partial charge >= 0.3 is 74.7 Å². The Morgan fingerprint density at radius 1 is 0.500 bits per heavy atom. The van der Waals surface area contributed by atoms with Crippen molar-refractivity contribution in [2.45, 2.75) is 0 Å². The van der Waals surface area contributed by atoms with Gasteiger partial charge in [-0.25, -0.2) is 0 Å². The van der Waals surface area contributed by atoms with E-state index in [0.29, 0.717) is 0 Å². The first-order valence-electron chi connectivity index (χ1n) is 0. The topological polar surface area (TPSA) is 85.5 Å². The van der Waals surface area contributed by atoms with Crippen molar-refractivity contribution in [2.75, 3.05) is 0 Å². The van der Waals surface area contributed by atoms with E-state index in [0.717, 1.165) is 0 Å². The molecular weight excluding hydrogens is 649 g/mol. The third kappa shape index (κ3) is 32.7. The van der Waals surface area contributed by atoms with Crippen LogP contribution in [0.25, 0.3) is 0 Å². The van der Waals surface area contributed by atoms with Gasteiger partial charge in [0.2, 0.25) is 0 Å². The summed E-state index contributed by atoms with van der Waals surface area (Å²) >= 11 is 0. The van der Waals surface area contributed by atoms with Gasteiger partial charge in [0.05, 0.1) is 0 Å². The largest absolute Gasteiger partial charge is 4.00 e. The Morgan fingerprint density at radius 3 is 0.500 bits per heavy atom. The molecule has 6 heteroatoms. The van der Waals surface area contributed by atoms with E-state index in [4.69, 9.17) is 0 Å². The number of rotatable bonds is 0. The van der Waals surface area contributed by atoms with Crippen LogP contribution >= 0.6 is 0 Å². The molecule has 0 aromatic heterocycles. The van der Waals surface area contributed by atoms with E-state index >= 15 is 0 Å². The van der Waals surface area contributed by atoms with Gasteiger partial charge in [0, 0.05) is 0 Å². The maximum Gasteiger partial charge on any atom is 4.00 e. The summed E-state index contributed by atoms with van der Waals surface area (Å²) in [4.78, 5) is 0. The molecule has 0 rings (SSSR count). The van der Waals surface area contributed by atoms with Gasteiger partial charge in [-0.15, -0.1) is 0 Å². The first-order valence-corrected chi connectivity index (χ1v) is 0. The Balaban J connectivity index is 0. The smallest absolute Gasteiger partial charge is 2.00 e. The molecule has 0 heterocycles. The van der Waals surface area contributed by atoms with Crippen molar-refractivity contribution in [1.82, 2.24) is 0 Å². The summed E-state index contributed by atoms with van der Waals surface area (Å²) in [6.45, 7) is 0. The fraction of sp³-hybridized carbons (Fsp3) is 0. The first-order chi connectivity index (χ1) is 0. The Kier molecular flexibility index (Phi) is 716. The maximum absolute atomic E-state index is 0. The van der Waals surface area contributed by atoms with Gasteiger partial charge in [0.1, 0.15) is 0 Å². The summed E-state index contributed by atoms with van der Waals surface area (Å²) in [6.07, 6.45) is 0.